The van der Waals surface area contributed by atoms with E-state index < -0.39 is 6.04 Å². The average Bonchev–Trinajstić information content (AvgIpc) is 3.44. The van der Waals surface area contributed by atoms with Crippen LogP contribution in [0.15, 0.2) is 91.0 Å². The van der Waals surface area contributed by atoms with Crippen molar-refractivity contribution in [1.29, 1.82) is 0 Å². The summed E-state index contributed by atoms with van der Waals surface area (Å²) in [6, 6.07) is 28.0. The Morgan fingerprint density at radius 3 is 2.08 bits per heavy atom. The van der Waals surface area contributed by atoms with E-state index in [1.807, 2.05) is 83.8 Å². The molecule has 0 aliphatic carbocycles. The number of hydrogen-bond donors (Lipinski definition) is 1. The van der Waals surface area contributed by atoms with Crippen molar-refractivity contribution in [3.63, 3.8) is 0 Å². The Balaban J connectivity index is 1.24. The Morgan fingerprint density at radius 1 is 0.806 bits per heavy atom. The van der Waals surface area contributed by atoms with Crippen LogP contribution >= 0.6 is 0 Å². The highest BCUT2D eigenvalue weighted by Crippen LogP contribution is 2.21. The van der Waals surface area contributed by atoms with Crippen LogP contribution in [0, 0.1) is 0 Å². The van der Waals surface area contributed by atoms with E-state index in [2.05, 4.69) is 25.7 Å². The summed E-state index contributed by atoms with van der Waals surface area (Å²) in [5.74, 6) is 0.458. The van der Waals surface area contributed by atoms with Gasteiger partial charge in [-0.25, -0.2) is 0 Å². The summed E-state index contributed by atoms with van der Waals surface area (Å²) in [7, 11) is 0. The number of piperazine rings is 1. The average molecular weight is 482 g/mol. The molecule has 9 heteroatoms. The standard InChI is InChI=1S/C27H27N7O2/c35-25(20-24(21-10-4-1-5-11-21)28-26(36)22-12-6-2-7-13-22)32-16-18-33(19-17-32)27-29-30-31-34(27)23-14-8-3-9-15-23/h1-15,24H,16-20H2,(H,28,36). The number of benzene rings is 3. The lowest BCUT2D eigenvalue weighted by molar-refractivity contribution is -0.132. The molecule has 2 heterocycles. The van der Waals surface area contributed by atoms with Crippen LogP contribution in [-0.4, -0.2) is 63.1 Å². The molecule has 1 fully saturated rings. The zero-order chi connectivity index (χ0) is 24.7. The van der Waals surface area contributed by atoms with Crippen LogP contribution < -0.4 is 10.2 Å². The SMILES string of the molecule is O=C(NC(CC(=O)N1CCN(c2nnnn2-c2ccccc2)CC1)c1ccccc1)c1ccccc1. The van der Waals surface area contributed by atoms with Crippen molar-refractivity contribution in [3.8, 4) is 5.69 Å². The molecule has 1 aromatic heterocycles. The summed E-state index contributed by atoms with van der Waals surface area (Å²) in [4.78, 5) is 30.1. The Hall–Kier alpha value is -4.53. The summed E-state index contributed by atoms with van der Waals surface area (Å²) in [5, 5.41) is 15.3. The first-order chi connectivity index (χ1) is 17.7. The van der Waals surface area contributed by atoms with E-state index in [-0.39, 0.29) is 18.2 Å². The molecule has 1 unspecified atom stereocenters. The molecule has 3 aromatic carbocycles. The van der Waals surface area contributed by atoms with Gasteiger partial charge in [-0.05, 0) is 40.3 Å². The first-order valence-corrected chi connectivity index (χ1v) is 12.0. The second-order valence-corrected chi connectivity index (χ2v) is 8.60. The molecule has 1 aliphatic rings. The van der Waals surface area contributed by atoms with Crippen LogP contribution in [0.4, 0.5) is 5.95 Å². The fourth-order valence-corrected chi connectivity index (χ4v) is 4.34. The highest BCUT2D eigenvalue weighted by Gasteiger charge is 2.27. The Kier molecular flexibility index (Phi) is 6.98. The van der Waals surface area contributed by atoms with E-state index in [0.29, 0.717) is 37.7 Å². The molecule has 0 spiro atoms. The van der Waals surface area contributed by atoms with Gasteiger partial charge < -0.3 is 15.1 Å². The third kappa shape index (κ3) is 5.25. The summed E-state index contributed by atoms with van der Waals surface area (Å²) < 4.78 is 1.71. The topological polar surface area (TPSA) is 96.2 Å². The summed E-state index contributed by atoms with van der Waals surface area (Å²) in [6.07, 6.45) is 0.185. The number of carbonyl (C=O) groups is 2. The number of nitrogens with zero attached hydrogens (tertiary/aromatic N) is 6. The molecule has 5 rings (SSSR count). The summed E-state index contributed by atoms with van der Waals surface area (Å²) in [5.41, 5.74) is 2.35. The molecule has 9 nitrogen and oxygen atoms in total. The number of carbonyl (C=O) groups excluding carboxylic acids is 2. The number of rotatable bonds is 7. The zero-order valence-corrected chi connectivity index (χ0v) is 19.8. The van der Waals surface area contributed by atoms with Gasteiger partial charge in [-0.2, -0.15) is 4.68 Å². The fourth-order valence-electron chi connectivity index (χ4n) is 4.34. The van der Waals surface area contributed by atoms with Crippen molar-refractivity contribution >= 4 is 17.8 Å². The van der Waals surface area contributed by atoms with Crippen LogP contribution in [0.2, 0.25) is 0 Å². The highest BCUT2D eigenvalue weighted by atomic mass is 16.2. The van der Waals surface area contributed by atoms with Crippen LogP contribution in [-0.2, 0) is 4.79 Å². The monoisotopic (exact) mass is 481 g/mol. The maximum atomic E-state index is 13.3. The molecule has 2 amide bonds. The molecule has 0 saturated carbocycles. The predicted molar refractivity (Wildman–Crippen MR) is 136 cm³/mol. The lowest BCUT2D eigenvalue weighted by Crippen LogP contribution is -2.50. The third-order valence-electron chi connectivity index (χ3n) is 6.29. The second kappa shape index (κ2) is 10.8. The first kappa shape index (κ1) is 23.2. The van der Waals surface area contributed by atoms with Crippen molar-refractivity contribution in [1.82, 2.24) is 30.4 Å². The zero-order valence-electron chi connectivity index (χ0n) is 19.8. The second-order valence-electron chi connectivity index (χ2n) is 8.60. The maximum Gasteiger partial charge on any atom is 0.251 e. The molecule has 36 heavy (non-hydrogen) atoms. The first-order valence-electron chi connectivity index (χ1n) is 12.0. The molecule has 0 bridgehead atoms. The molecule has 1 N–H and O–H groups in total. The lowest BCUT2D eigenvalue weighted by Gasteiger charge is -2.35. The van der Waals surface area contributed by atoms with E-state index in [4.69, 9.17) is 0 Å². The van der Waals surface area contributed by atoms with Crippen LogP contribution in [0.25, 0.3) is 5.69 Å². The number of anilines is 1. The highest BCUT2D eigenvalue weighted by molar-refractivity contribution is 5.94. The maximum absolute atomic E-state index is 13.3. The summed E-state index contributed by atoms with van der Waals surface area (Å²) in [6.45, 7) is 2.33. The van der Waals surface area contributed by atoms with Crippen LogP contribution in [0.5, 0.6) is 0 Å². The largest absolute Gasteiger partial charge is 0.345 e. The van der Waals surface area contributed by atoms with Gasteiger partial charge in [0.05, 0.1) is 18.2 Å². The van der Waals surface area contributed by atoms with E-state index >= 15 is 0 Å². The van der Waals surface area contributed by atoms with E-state index in [9.17, 15) is 9.59 Å². The molecule has 0 radical (unpaired) electrons. The minimum absolute atomic E-state index is 0.000448. The van der Waals surface area contributed by atoms with Gasteiger partial charge in [0.25, 0.3) is 5.91 Å². The van der Waals surface area contributed by atoms with Crippen LogP contribution in [0.1, 0.15) is 28.4 Å². The van der Waals surface area contributed by atoms with Gasteiger partial charge in [0.2, 0.25) is 11.9 Å². The molecular weight excluding hydrogens is 454 g/mol. The van der Waals surface area contributed by atoms with Gasteiger partial charge >= 0.3 is 0 Å². The quantitative estimate of drug-likeness (QED) is 0.436. The number of nitrogens with one attached hydrogen (secondary N) is 1. The van der Waals surface area contributed by atoms with Crippen molar-refractivity contribution in [2.24, 2.45) is 0 Å². The molecular formula is C27H27N7O2. The molecule has 1 aliphatic heterocycles. The minimum Gasteiger partial charge on any atom is -0.345 e. The Morgan fingerprint density at radius 2 is 1.42 bits per heavy atom. The molecule has 4 aromatic rings. The van der Waals surface area contributed by atoms with E-state index in [0.717, 1.165) is 11.3 Å². The lowest BCUT2D eigenvalue weighted by atomic mass is 10.0. The Bertz CT molecular complexity index is 1290. The molecule has 1 atom stereocenters. The molecule has 1 saturated heterocycles. The van der Waals surface area contributed by atoms with Gasteiger partial charge in [-0.1, -0.05) is 71.8 Å². The van der Waals surface area contributed by atoms with Gasteiger partial charge in [0, 0.05) is 31.7 Å². The predicted octanol–water partition coefficient (Wildman–Crippen LogP) is 2.87. The van der Waals surface area contributed by atoms with Gasteiger partial charge in [0.1, 0.15) is 0 Å². The van der Waals surface area contributed by atoms with Crippen molar-refractivity contribution in [3.05, 3.63) is 102 Å². The number of aromatic nitrogens is 4. The summed E-state index contributed by atoms with van der Waals surface area (Å²) >= 11 is 0. The smallest absolute Gasteiger partial charge is 0.251 e. The minimum atomic E-state index is -0.421. The van der Waals surface area contributed by atoms with Crippen molar-refractivity contribution < 1.29 is 9.59 Å². The van der Waals surface area contributed by atoms with Gasteiger partial charge in [0.15, 0.2) is 0 Å². The van der Waals surface area contributed by atoms with E-state index in [1.54, 1.807) is 16.8 Å². The third-order valence-corrected chi connectivity index (χ3v) is 6.29. The Labute approximate surface area is 209 Å². The normalized spacial score (nSPS) is 14.3. The number of amides is 2. The van der Waals surface area contributed by atoms with Crippen molar-refractivity contribution in [2.75, 3.05) is 31.1 Å². The molecule has 182 valence electrons. The van der Waals surface area contributed by atoms with Gasteiger partial charge in [-0.15, -0.1) is 0 Å². The number of hydrogen-bond acceptors (Lipinski definition) is 6. The fraction of sp³-hybridized carbons (Fsp3) is 0.222. The number of para-hydroxylation sites is 1. The van der Waals surface area contributed by atoms with Crippen LogP contribution in [0.3, 0.4) is 0 Å². The van der Waals surface area contributed by atoms with Gasteiger partial charge in [-0.3, -0.25) is 9.59 Å². The number of tetrazole rings is 1. The van der Waals surface area contributed by atoms with E-state index in [1.165, 1.54) is 0 Å². The van der Waals surface area contributed by atoms with Crippen molar-refractivity contribution in [2.45, 2.75) is 12.5 Å².